The fraction of sp³-hybridized carbons (Fsp3) is 0.375. The first kappa shape index (κ1) is 15.2. The molecule has 112 valence electrons. The van der Waals surface area contributed by atoms with Crippen molar-refractivity contribution in [2.45, 2.75) is 39.3 Å². The summed E-state index contributed by atoms with van der Waals surface area (Å²) in [4.78, 5) is 16.3. The maximum absolute atomic E-state index is 12.9. The number of nitrogens with one attached hydrogen (secondary N) is 1. The van der Waals surface area contributed by atoms with E-state index in [0.717, 1.165) is 12.0 Å². The molecule has 21 heavy (non-hydrogen) atoms. The number of benzene rings is 1. The Balaban J connectivity index is 2.05. The Labute approximate surface area is 123 Å². The smallest absolute Gasteiger partial charge is 0.293 e. The third kappa shape index (κ3) is 4.15. The molecular formula is C16H20FN3O. The normalized spacial score (nSPS) is 12.1. The summed E-state index contributed by atoms with van der Waals surface area (Å²) in [7, 11) is 0. The summed E-state index contributed by atoms with van der Waals surface area (Å²) in [6, 6.07) is 6.42. The second-order valence-corrected chi connectivity index (χ2v) is 5.15. The molecule has 0 saturated carbocycles. The monoisotopic (exact) mass is 289 g/mol. The number of anilines is 1. The SMILES string of the molecule is CCCn1ccnc(NC(C)Cc2ccc(F)cc2)c1=O. The van der Waals surface area contributed by atoms with Crippen LogP contribution in [-0.2, 0) is 13.0 Å². The van der Waals surface area contributed by atoms with Gasteiger partial charge in [0.05, 0.1) is 0 Å². The highest BCUT2D eigenvalue weighted by atomic mass is 19.1. The molecule has 0 aliphatic rings. The van der Waals surface area contributed by atoms with Crippen molar-refractivity contribution in [3.05, 3.63) is 58.4 Å². The van der Waals surface area contributed by atoms with Gasteiger partial charge in [0.25, 0.3) is 5.56 Å². The first-order valence-corrected chi connectivity index (χ1v) is 7.16. The maximum Gasteiger partial charge on any atom is 0.293 e. The van der Waals surface area contributed by atoms with Gasteiger partial charge in [-0.2, -0.15) is 0 Å². The average Bonchev–Trinajstić information content (AvgIpc) is 2.46. The van der Waals surface area contributed by atoms with Crippen molar-refractivity contribution in [1.82, 2.24) is 9.55 Å². The molecule has 0 spiro atoms. The molecule has 0 fully saturated rings. The zero-order valence-corrected chi connectivity index (χ0v) is 12.3. The summed E-state index contributed by atoms with van der Waals surface area (Å²) in [6.07, 6.45) is 4.92. The zero-order chi connectivity index (χ0) is 15.2. The van der Waals surface area contributed by atoms with Gasteiger partial charge in [0.15, 0.2) is 5.82 Å². The van der Waals surface area contributed by atoms with Crippen LogP contribution in [0.1, 0.15) is 25.8 Å². The van der Waals surface area contributed by atoms with Gasteiger partial charge in [-0.15, -0.1) is 0 Å². The van der Waals surface area contributed by atoms with Gasteiger partial charge in [0.1, 0.15) is 5.82 Å². The fourth-order valence-corrected chi connectivity index (χ4v) is 2.22. The van der Waals surface area contributed by atoms with Crippen LogP contribution in [0.25, 0.3) is 0 Å². The largest absolute Gasteiger partial charge is 0.363 e. The summed E-state index contributed by atoms with van der Waals surface area (Å²) in [5.74, 6) is 0.118. The highest BCUT2D eigenvalue weighted by Crippen LogP contribution is 2.08. The second kappa shape index (κ2) is 7.02. The average molecular weight is 289 g/mol. The molecule has 0 aliphatic heterocycles. The molecule has 0 radical (unpaired) electrons. The second-order valence-electron chi connectivity index (χ2n) is 5.15. The van der Waals surface area contributed by atoms with Crippen molar-refractivity contribution in [1.29, 1.82) is 0 Å². The quantitative estimate of drug-likeness (QED) is 0.889. The Bertz CT molecular complexity index is 637. The molecule has 1 atom stereocenters. The summed E-state index contributed by atoms with van der Waals surface area (Å²) < 4.78 is 14.5. The van der Waals surface area contributed by atoms with Crippen LogP contribution in [0.5, 0.6) is 0 Å². The molecule has 4 nitrogen and oxygen atoms in total. The topological polar surface area (TPSA) is 46.9 Å². The van der Waals surface area contributed by atoms with Crippen LogP contribution in [-0.4, -0.2) is 15.6 Å². The van der Waals surface area contributed by atoms with Crippen molar-refractivity contribution in [3.8, 4) is 0 Å². The maximum atomic E-state index is 12.9. The summed E-state index contributed by atoms with van der Waals surface area (Å²) in [5, 5.41) is 3.13. The molecule has 5 heteroatoms. The summed E-state index contributed by atoms with van der Waals surface area (Å²) >= 11 is 0. The van der Waals surface area contributed by atoms with Gasteiger partial charge in [-0.1, -0.05) is 19.1 Å². The molecule has 1 heterocycles. The standard InChI is InChI=1S/C16H20FN3O/c1-3-9-20-10-8-18-15(16(20)21)19-12(2)11-13-4-6-14(17)7-5-13/h4-8,10,12H,3,9,11H2,1-2H3,(H,18,19). The van der Waals surface area contributed by atoms with E-state index in [4.69, 9.17) is 0 Å². The Hall–Kier alpha value is -2.17. The van der Waals surface area contributed by atoms with E-state index in [1.54, 1.807) is 29.1 Å². The Kier molecular flexibility index (Phi) is 5.09. The molecule has 0 aliphatic carbocycles. The van der Waals surface area contributed by atoms with Gasteiger partial charge < -0.3 is 9.88 Å². The Morgan fingerprint density at radius 2 is 2.05 bits per heavy atom. The molecule has 2 rings (SSSR count). The third-order valence-corrected chi connectivity index (χ3v) is 3.22. The van der Waals surface area contributed by atoms with E-state index in [1.807, 2.05) is 13.8 Å². The molecule has 0 amide bonds. The zero-order valence-electron chi connectivity index (χ0n) is 12.3. The van der Waals surface area contributed by atoms with Crippen molar-refractivity contribution in [2.75, 3.05) is 5.32 Å². The van der Waals surface area contributed by atoms with Gasteiger partial charge in [-0.3, -0.25) is 4.79 Å². The van der Waals surface area contributed by atoms with Crippen molar-refractivity contribution in [2.24, 2.45) is 0 Å². The van der Waals surface area contributed by atoms with E-state index >= 15 is 0 Å². The Morgan fingerprint density at radius 1 is 1.33 bits per heavy atom. The molecular weight excluding hydrogens is 269 g/mol. The summed E-state index contributed by atoms with van der Waals surface area (Å²) in [6.45, 7) is 4.68. The predicted molar refractivity (Wildman–Crippen MR) is 82.0 cm³/mol. The molecule has 1 aromatic heterocycles. The predicted octanol–water partition coefficient (Wildman–Crippen LogP) is 2.84. The Morgan fingerprint density at radius 3 is 2.71 bits per heavy atom. The minimum atomic E-state index is -0.244. The van der Waals surface area contributed by atoms with Crippen LogP contribution >= 0.6 is 0 Å². The lowest BCUT2D eigenvalue weighted by atomic mass is 10.1. The molecule has 2 aromatic rings. The first-order chi connectivity index (χ1) is 10.1. The number of halogens is 1. The minimum absolute atomic E-state index is 0.0353. The lowest BCUT2D eigenvalue weighted by Crippen LogP contribution is -2.28. The third-order valence-electron chi connectivity index (χ3n) is 3.22. The molecule has 0 saturated heterocycles. The van der Waals surface area contributed by atoms with Crippen LogP contribution in [0.15, 0.2) is 41.5 Å². The first-order valence-electron chi connectivity index (χ1n) is 7.16. The van der Waals surface area contributed by atoms with Crippen LogP contribution in [0.2, 0.25) is 0 Å². The van der Waals surface area contributed by atoms with Crippen molar-refractivity contribution < 1.29 is 4.39 Å². The number of aromatic nitrogens is 2. The molecule has 1 N–H and O–H groups in total. The number of nitrogens with zero attached hydrogens (tertiary/aromatic N) is 2. The highest BCUT2D eigenvalue weighted by molar-refractivity contribution is 5.33. The van der Waals surface area contributed by atoms with E-state index in [0.29, 0.717) is 18.8 Å². The van der Waals surface area contributed by atoms with E-state index in [1.165, 1.54) is 12.1 Å². The van der Waals surface area contributed by atoms with Gasteiger partial charge in [-0.05, 0) is 37.5 Å². The van der Waals surface area contributed by atoms with Gasteiger partial charge in [0.2, 0.25) is 0 Å². The van der Waals surface area contributed by atoms with Crippen LogP contribution in [0.4, 0.5) is 10.2 Å². The highest BCUT2D eigenvalue weighted by Gasteiger charge is 2.09. The van der Waals surface area contributed by atoms with Gasteiger partial charge in [-0.25, -0.2) is 9.37 Å². The fourth-order valence-electron chi connectivity index (χ4n) is 2.22. The van der Waals surface area contributed by atoms with E-state index in [2.05, 4.69) is 10.3 Å². The van der Waals surface area contributed by atoms with E-state index < -0.39 is 0 Å². The lowest BCUT2D eigenvalue weighted by molar-refractivity contribution is 0.626. The van der Waals surface area contributed by atoms with Crippen molar-refractivity contribution in [3.63, 3.8) is 0 Å². The van der Waals surface area contributed by atoms with Crippen LogP contribution in [0.3, 0.4) is 0 Å². The van der Waals surface area contributed by atoms with Gasteiger partial charge in [0, 0.05) is 25.0 Å². The number of hydrogen-bond donors (Lipinski definition) is 1. The van der Waals surface area contributed by atoms with Crippen LogP contribution < -0.4 is 10.9 Å². The van der Waals surface area contributed by atoms with Crippen molar-refractivity contribution >= 4 is 5.82 Å². The summed E-state index contributed by atoms with van der Waals surface area (Å²) in [5.41, 5.74) is 0.909. The van der Waals surface area contributed by atoms with Gasteiger partial charge >= 0.3 is 0 Å². The number of rotatable bonds is 6. The van der Waals surface area contributed by atoms with E-state index in [9.17, 15) is 9.18 Å². The van der Waals surface area contributed by atoms with E-state index in [-0.39, 0.29) is 17.4 Å². The molecule has 1 unspecified atom stereocenters. The lowest BCUT2D eigenvalue weighted by Gasteiger charge is -2.15. The van der Waals surface area contributed by atoms with Crippen LogP contribution in [0, 0.1) is 5.82 Å². The molecule has 1 aromatic carbocycles. The molecule has 0 bridgehead atoms. The minimum Gasteiger partial charge on any atom is -0.363 e. The number of hydrogen-bond acceptors (Lipinski definition) is 3. The number of aryl methyl sites for hydroxylation is 1.